The number of hydrogen-bond acceptors (Lipinski definition) is 2. The molecule has 0 saturated carbocycles. The van der Waals surface area contributed by atoms with Gasteiger partial charge in [-0.25, -0.2) is 4.39 Å². The topological polar surface area (TPSA) is 32.3 Å². The number of nitrogens with one attached hydrogen (secondary N) is 1. The van der Waals surface area contributed by atoms with Gasteiger partial charge in [0.15, 0.2) is 0 Å². The Labute approximate surface area is 120 Å². The fourth-order valence-electron chi connectivity index (χ4n) is 1.62. The lowest BCUT2D eigenvalue weighted by atomic mass is 10.3. The van der Waals surface area contributed by atoms with Gasteiger partial charge in [-0.05, 0) is 38.2 Å². The molecule has 1 aromatic carbocycles. The monoisotopic (exact) mass is 288 g/mol. The number of nitrogens with zero attached hydrogens (tertiary/aromatic N) is 1. The van der Waals surface area contributed by atoms with E-state index in [0.29, 0.717) is 12.1 Å². The highest BCUT2D eigenvalue weighted by molar-refractivity contribution is 5.90. The molecule has 1 rings (SSSR count). The van der Waals surface area contributed by atoms with Gasteiger partial charge in [-0.1, -0.05) is 19.4 Å². The van der Waals surface area contributed by atoms with Crippen LogP contribution in [0.4, 0.5) is 10.1 Å². The van der Waals surface area contributed by atoms with E-state index in [1.54, 1.807) is 12.1 Å². The Balaban J connectivity index is 0.00000324. The normalized spacial score (nSPS) is 10.1. The van der Waals surface area contributed by atoms with E-state index in [1.165, 1.54) is 12.1 Å². The van der Waals surface area contributed by atoms with Crippen molar-refractivity contribution in [1.82, 2.24) is 4.90 Å². The summed E-state index contributed by atoms with van der Waals surface area (Å²) in [4.78, 5) is 13.8. The van der Waals surface area contributed by atoms with Crippen LogP contribution in [0.15, 0.2) is 24.3 Å². The van der Waals surface area contributed by atoms with Crippen LogP contribution in [-0.4, -0.2) is 30.9 Å². The molecule has 108 valence electrons. The molecule has 0 radical (unpaired) electrons. The molecule has 1 N–H and O–H groups in total. The largest absolute Gasteiger partial charge is 0.326 e. The Bertz CT molecular complexity index is 387. The van der Waals surface area contributed by atoms with E-state index in [2.05, 4.69) is 17.1 Å². The molecule has 5 heteroatoms. The summed E-state index contributed by atoms with van der Waals surface area (Å²) in [6.45, 7) is 3.87. The van der Waals surface area contributed by atoms with Gasteiger partial charge in [-0.2, -0.15) is 0 Å². The Morgan fingerprint density at radius 1 is 1.37 bits per heavy atom. The molecular weight excluding hydrogens is 267 g/mol. The minimum absolute atomic E-state index is 0. The molecule has 0 fully saturated rings. The lowest BCUT2D eigenvalue weighted by molar-refractivity contribution is -0.116. The highest BCUT2D eigenvalue weighted by Crippen LogP contribution is 2.09. The Morgan fingerprint density at radius 3 is 2.74 bits per heavy atom. The molecule has 1 aromatic rings. The van der Waals surface area contributed by atoms with Crippen LogP contribution in [0, 0.1) is 5.82 Å². The van der Waals surface area contributed by atoms with Crippen molar-refractivity contribution in [3.8, 4) is 0 Å². The molecular formula is C14H22ClFN2O. The van der Waals surface area contributed by atoms with Crippen molar-refractivity contribution < 1.29 is 9.18 Å². The summed E-state index contributed by atoms with van der Waals surface area (Å²) >= 11 is 0. The summed E-state index contributed by atoms with van der Waals surface area (Å²) in [6.07, 6.45) is 2.72. The van der Waals surface area contributed by atoms with Crippen LogP contribution in [0.5, 0.6) is 0 Å². The Hall–Kier alpha value is -1.13. The minimum Gasteiger partial charge on any atom is -0.326 e. The van der Waals surface area contributed by atoms with E-state index in [9.17, 15) is 9.18 Å². The number of unbranched alkanes of at least 4 members (excludes halogenated alkanes) is 1. The van der Waals surface area contributed by atoms with Gasteiger partial charge in [0.25, 0.3) is 0 Å². The molecule has 0 aliphatic carbocycles. The Kier molecular flexibility index (Phi) is 9.17. The third-order valence-electron chi connectivity index (χ3n) is 2.72. The minimum atomic E-state index is -0.340. The van der Waals surface area contributed by atoms with Crippen LogP contribution >= 0.6 is 12.4 Å². The van der Waals surface area contributed by atoms with Crippen LogP contribution in [0.3, 0.4) is 0 Å². The van der Waals surface area contributed by atoms with E-state index in [4.69, 9.17) is 0 Å². The molecule has 0 unspecified atom stereocenters. The standard InChI is InChI=1S/C14H21FN2O.ClH/c1-3-4-9-17(2)10-8-14(18)16-13-7-5-6-12(15)11-13;/h5-7,11H,3-4,8-10H2,1-2H3,(H,16,18);1H. The van der Waals surface area contributed by atoms with Gasteiger partial charge in [0, 0.05) is 18.7 Å². The number of amides is 1. The van der Waals surface area contributed by atoms with Crippen molar-refractivity contribution in [3.05, 3.63) is 30.1 Å². The maximum atomic E-state index is 12.9. The first-order valence-corrected chi connectivity index (χ1v) is 6.35. The second kappa shape index (κ2) is 9.75. The summed E-state index contributed by atoms with van der Waals surface area (Å²) in [5.41, 5.74) is 0.510. The number of hydrogen-bond donors (Lipinski definition) is 1. The lowest BCUT2D eigenvalue weighted by Crippen LogP contribution is -2.25. The van der Waals surface area contributed by atoms with Gasteiger partial charge in [0.2, 0.25) is 5.91 Å². The van der Waals surface area contributed by atoms with Gasteiger partial charge < -0.3 is 10.2 Å². The maximum absolute atomic E-state index is 12.9. The molecule has 3 nitrogen and oxygen atoms in total. The first kappa shape index (κ1) is 17.9. The molecule has 0 atom stereocenters. The molecule has 0 aromatic heterocycles. The molecule has 0 saturated heterocycles. The van der Waals surface area contributed by atoms with Crippen LogP contribution in [0.1, 0.15) is 26.2 Å². The molecule has 0 heterocycles. The summed E-state index contributed by atoms with van der Waals surface area (Å²) in [5, 5.41) is 2.69. The van der Waals surface area contributed by atoms with Crippen molar-refractivity contribution in [2.45, 2.75) is 26.2 Å². The quantitative estimate of drug-likeness (QED) is 0.835. The summed E-state index contributed by atoms with van der Waals surface area (Å²) < 4.78 is 12.9. The van der Waals surface area contributed by atoms with Crippen molar-refractivity contribution in [2.75, 3.05) is 25.5 Å². The number of anilines is 1. The second-order valence-corrected chi connectivity index (χ2v) is 4.47. The highest BCUT2D eigenvalue weighted by atomic mass is 35.5. The first-order valence-electron chi connectivity index (χ1n) is 6.35. The molecule has 0 aliphatic rings. The smallest absolute Gasteiger partial charge is 0.225 e. The number of benzene rings is 1. The lowest BCUT2D eigenvalue weighted by Gasteiger charge is -2.15. The van der Waals surface area contributed by atoms with Gasteiger partial charge in [0.05, 0.1) is 0 Å². The first-order chi connectivity index (χ1) is 8.61. The van der Waals surface area contributed by atoms with Gasteiger partial charge in [-0.3, -0.25) is 4.79 Å². The van der Waals surface area contributed by atoms with Crippen LogP contribution in [0.2, 0.25) is 0 Å². The van der Waals surface area contributed by atoms with E-state index < -0.39 is 0 Å². The molecule has 19 heavy (non-hydrogen) atoms. The van der Waals surface area contributed by atoms with E-state index in [0.717, 1.165) is 25.9 Å². The second-order valence-electron chi connectivity index (χ2n) is 4.47. The number of carbonyl (C=O) groups excluding carboxylic acids is 1. The average molecular weight is 289 g/mol. The number of carbonyl (C=O) groups is 1. The van der Waals surface area contributed by atoms with E-state index in [1.807, 2.05) is 7.05 Å². The van der Waals surface area contributed by atoms with Crippen LogP contribution in [0.25, 0.3) is 0 Å². The fraction of sp³-hybridized carbons (Fsp3) is 0.500. The summed E-state index contributed by atoms with van der Waals surface area (Å²) in [7, 11) is 2.01. The summed E-state index contributed by atoms with van der Waals surface area (Å²) in [5.74, 6) is -0.420. The average Bonchev–Trinajstić information content (AvgIpc) is 2.34. The summed E-state index contributed by atoms with van der Waals surface area (Å²) in [6, 6.07) is 5.94. The van der Waals surface area contributed by atoms with Crippen LogP contribution < -0.4 is 5.32 Å². The van der Waals surface area contributed by atoms with Crippen LogP contribution in [-0.2, 0) is 4.79 Å². The molecule has 0 spiro atoms. The third kappa shape index (κ3) is 7.80. The van der Waals surface area contributed by atoms with Gasteiger partial charge in [-0.15, -0.1) is 12.4 Å². The van der Waals surface area contributed by atoms with E-state index >= 15 is 0 Å². The highest BCUT2D eigenvalue weighted by Gasteiger charge is 2.05. The van der Waals surface area contributed by atoms with Crippen molar-refractivity contribution >= 4 is 24.0 Å². The van der Waals surface area contributed by atoms with Gasteiger partial charge >= 0.3 is 0 Å². The fourth-order valence-corrected chi connectivity index (χ4v) is 1.62. The third-order valence-corrected chi connectivity index (χ3v) is 2.72. The number of halogens is 2. The molecule has 0 aliphatic heterocycles. The number of rotatable bonds is 7. The van der Waals surface area contributed by atoms with Crippen molar-refractivity contribution in [2.24, 2.45) is 0 Å². The predicted molar refractivity (Wildman–Crippen MR) is 79.3 cm³/mol. The zero-order valence-corrected chi connectivity index (χ0v) is 12.3. The van der Waals surface area contributed by atoms with E-state index in [-0.39, 0.29) is 24.1 Å². The van der Waals surface area contributed by atoms with Gasteiger partial charge in [0.1, 0.15) is 5.82 Å². The Morgan fingerprint density at radius 2 is 2.11 bits per heavy atom. The predicted octanol–water partition coefficient (Wildman–Crippen LogP) is 3.31. The molecule has 0 bridgehead atoms. The molecule has 1 amide bonds. The van der Waals surface area contributed by atoms with Crippen molar-refractivity contribution in [1.29, 1.82) is 0 Å². The zero-order chi connectivity index (χ0) is 13.4. The zero-order valence-electron chi connectivity index (χ0n) is 11.5. The SMILES string of the molecule is CCCCN(C)CCC(=O)Nc1cccc(F)c1.Cl. The maximum Gasteiger partial charge on any atom is 0.225 e. The van der Waals surface area contributed by atoms with Crippen molar-refractivity contribution in [3.63, 3.8) is 0 Å².